The molecule has 0 spiro atoms. The normalized spacial score (nSPS) is 19.2. The predicted octanol–water partition coefficient (Wildman–Crippen LogP) is 4.57. The Morgan fingerprint density at radius 3 is 2.72 bits per heavy atom. The summed E-state index contributed by atoms with van der Waals surface area (Å²) in [6.45, 7) is 2.11. The van der Waals surface area contributed by atoms with Crippen LogP contribution in [-0.4, -0.2) is 15.1 Å². The van der Waals surface area contributed by atoms with E-state index in [0.29, 0.717) is 17.6 Å². The summed E-state index contributed by atoms with van der Waals surface area (Å²) in [7, 11) is 0. The van der Waals surface area contributed by atoms with Crippen LogP contribution in [0.1, 0.15) is 55.1 Å². The molecule has 3 aromatic rings. The predicted molar refractivity (Wildman–Crippen MR) is 99.2 cm³/mol. The highest BCUT2D eigenvalue weighted by Gasteiger charge is 2.39. The van der Waals surface area contributed by atoms with Crippen molar-refractivity contribution in [2.75, 3.05) is 0 Å². The maximum Gasteiger partial charge on any atom is 0.259 e. The van der Waals surface area contributed by atoms with Gasteiger partial charge in [-0.3, -0.25) is 4.98 Å². The lowest BCUT2D eigenvalue weighted by Gasteiger charge is -2.34. The Labute approximate surface area is 154 Å². The van der Waals surface area contributed by atoms with Gasteiger partial charge in [-0.05, 0) is 62.8 Å². The monoisotopic (exact) mass is 398 g/mol. The van der Waals surface area contributed by atoms with Crippen LogP contribution in [0.15, 0.2) is 27.2 Å². The third-order valence-electron chi connectivity index (χ3n) is 5.52. The van der Waals surface area contributed by atoms with Crippen molar-refractivity contribution in [1.82, 2.24) is 15.1 Å². The standard InChI is InChI=1S/C19H19BrN4O/c1-10-15(17-23-18(24-25-17)19(21)7-2-8-19)13-9-12(20)5-6-14(13)22-16(10)11-3-4-11/h5-6,9,11H,2-4,7-8,21H2,1H3. The molecule has 2 N–H and O–H groups in total. The summed E-state index contributed by atoms with van der Waals surface area (Å²) in [5, 5.41) is 5.24. The molecule has 5 nitrogen and oxygen atoms in total. The summed E-state index contributed by atoms with van der Waals surface area (Å²) < 4.78 is 6.68. The first-order valence-electron chi connectivity index (χ1n) is 8.78. The summed E-state index contributed by atoms with van der Waals surface area (Å²) in [5.74, 6) is 1.74. The van der Waals surface area contributed by atoms with Gasteiger partial charge >= 0.3 is 0 Å². The van der Waals surface area contributed by atoms with Crippen molar-refractivity contribution < 1.29 is 4.52 Å². The lowest BCUT2D eigenvalue weighted by Crippen LogP contribution is -2.44. The number of aromatic nitrogens is 3. The van der Waals surface area contributed by atoms with Crippen molar-refractivity contribution >= 4 is 26.8 Å². The number of fused-ring (bicyclic) bond motifs is 1. The van der Waals surface area contributed by atoms with E-state index in [2.05, 4.69) is 39.1 Å². The van der Waals surface area contributed by atoms with Crippen molar-refractivity contribution in [1.29, 1.82) is 0 Å². The fourth-order valence-electron chi connectivity index (χ4n) is 3.69. The van der Waals surface area contributed by atoms with E-state index in [0.717, 1.165) is 51.5 Å². The zero-order valence-corrected chi connectivity index (χ0v) is 15.6. The minimum atomic E-state index is -0.418. The largest absolute Gasteiger partial charge is 0.334 e. The summed E-state index contributed by atoms with van der Waals surface area (Å²) in [5.41, 5.74) is 10.2. The van der Waals surface area contributed by atoms with Crippen molar-refractivity contribution in [3.8, 4) is 11.5 Å². The van der Waals surface area contributed by atoms with Crippen molar-refractivity contribution in [3.63, 3.8) is 0 Å². The molecular formula is C19H19BrN4O. The maximum absolute atomic E-state index is 6.37. The molecule has 2 aliphatic rings. The van der Waals surface area contributed by atoms with E-state index in [4.69, 9.17) is 15.2 Å². The van der Waals surface area contributed by atoms with Gasteiger partial charge in [-0.25, -0.2) is 0 Å². The lowest BCUT2D eigenvalue weighted by atomic mass is 9.77. The van der Waals surface area contributed by atoms with Gasteiger partial charge in [0.2, 0.25) is 0 Å². The van der Waals surface area contributed by atoms with Gasteiger partial charge in [0.1, 0.15) is 0 Å². The first-order valence-corrected chi connectivity index (χ1v) is 9.58. The van der Waals surface area contributed by atoms with Crippen LogP contribution < -0.4 is 5.73 Å². The van der Waals surface area contributed by atoms with E-state index in [1.54, 1.807) is 0 Å². The summed E-state index contributed by atoms with van der Waals surface area (Å²) in [6, 6.07) is 6.14. The molecule has 0 radical (unpaired) electrons. The van der Waals surface area contributed by atoms with Gasteiger partial charge in [0, 0.05) is 21.5 Å². The highest BCUT2D eigenvalue weighted by atomic mass is 79.9. The molecule has 2 fully saturated rings. The minimum absolute atomic E-state index is 0.418. The molecule has 6 heteroatoms. The van der Waals surface area contributed by atoms with Gasteiger partial charge in [0.15, 0.2) is 5.82 Å². The van der Waals surface area contributed by atoms with E-state index in [9.17, 15) is 0 Å². The summed E-state index contributed by atoms with van der Waals surface area (Å²) in [6.07, 6.45) is 5.37. The molecule has 0 saturated heterocycles. The summed E-state index contributed by atoms with van der Waals surface area (Å²) in [4.78, 5) is 9.60. The van der Waals surface area contributed by atoms with Gasteiger partial charge in [0.05, 0.1) is 16.6 Å². The molecule has 2 heterocycles. The van der Waals surface area contributed by atoms with Gasteiger partial charge < -0.3 is 10.3 Å². The number of nitrogens with zero attached hydrogens (tertiary/aromatic N) is 3. The fourth-order valence-corrected chi connectivity index (χ4v) is 4.05. The van der Waals surface area contributed by atoms with Crippen LogP contribution in [0.2, 0.25) is 0 Å². The quantitative estimate of drug-likeness (QED) is 0.698. The van der Waals surface area contributed by atoms with Crippen molar-refractivity contribution in [2.45, 2.75) is 50.5 Å². The third-order valence-corrected chi connectivity index (χ3v) is 6.02. The van der Waals surface area contributed by atoms with Crippen LogP contribution in [0.5, 0.6) is 0 Å². The molecule has 0 bridgehead atoms. The SMILES string of the molecule is Cc1c(C2CC2)nc2ccc(Br)cc2c1-c1nc(C2(N)CCC2)no1. The Balaban J connectivity index is 1.74. The molecule has 25 heavy (non-hydrogen) atoms. The number of nitrogens with two attached hydrogens (primary N) is 1. The first-order chi connectivity index (χ1) is 12.0. The second-order valence-electron chi connectivity index (χ2n) is 7.37. The molecule has 0 aliphatic heterocycles. The molecule has 1 aromatic carbocycles. The number of hydrogen-bond donors (Lipinski definition) is 1. The third kappa shape index (κ3) is 2.42. The maximum atomic E-state index is 6.37. The molecule has 5 rings (SSSR count). The van der Waals surface area contributed by atoms with E-state index in [1.165, 1.54) is 12.8 Å². The molecule has 2 aliphatic carbocycles. The second kappa shape index (κ2) is 5.35. The molecular weight excluding hydrogens is 380 g/mol. The Morgan fingerprint density at radius 2 is 2.04 bits per heavy atom. The van der Waals surface area contributed by atoms with Crippen LogP contribution in [0.3, 0.4) is 0 Å². The minimum Gasteiger partial charge on any atom is -0.334 e. The topological polar surface area (TPSA) is 77.8 Å². The number of hydrogen-bond acceptors (Lipinski definition) is 5. The molecule has 2 aromatic heterocycles. The van der Waals surface area contributed by atoms with Gasteiger partial charge in [-0.15, -0.1) is 0 Å². The molecule has 128 valence electrons. The van der Waals surface area contributed by atoms with Crippen LogP contribution >= 0.6 is 15.9 Å². The van der Waals surface area contributed by atoms with Crippen LogP contribution in [0.4, 0.5) is 0 Å². The van der Waals surface area contributed by atoms with Gasteiger partial charge in [-0.1, -0.05) is 21.1 Å². The first kappa shape index (κ1) is 15.5. The zero-order valence-electron chi connectivity index (χ0n) is 14.1. The molecule has 0 atom stereocenters. The number of benzene rings is 1. The molecule has 0 amide bonds. The zero-order chi connectivity index (χ0) is 17.2. The number of rotatable bonds is 3. The lowest BCUT2D eigenvalue weighted by molar-refractivity contribution is 0.229. The fraction of sp³-hybridized carbons (Fsp3) is 0.421. The molecule has 2 saturated carbocycles. The number of halogens is 1. The van der Waals surface area contributed by atoms with E-state index >= 15 is 0 Å². The Bertz CT molecular complexity index is 988. The average molecular weight is 399 g/mol. The van der Waals surface area contributed by atoms with Crippen LogP contribution in [0, 0.1) is 6.92 Å². The van der Waals surface area contributed by atoms with E-state index in [1.807, 2.05) is 12.1 Å². The van der Waals surface area contributed by atoms with E-state index < -0.39 is 5.54 Å². The highest BCUT2D eigenvalue weighted by molar-refractivity contribution is 9.10. The van der Waals surface area contributed by atoms with Crippen molar-refractivity contribution in [3.05, 3.63) is 39.8 Å². The smallest absolute Gasteiger partial charge is 0.259 e. The molecule has 0 unspecified atom stereocenters. The van der Waals surface area contributed by atoms with Gasteiger partial charge in [-0.2, -0.15) is 4.98 Å². The van der Waals surface area contributed by atoms with Gasteiger partial charge in [0.25, 0.3) is 5.89 Å². The van der Waals surface area contributed by atoms with Crippen LogP contribution in [-0.2, 0) is 5.54 Å². The highest BCUT2D eigenvalue weighted by Crippen LogP contribution is 2.45. The Hall–Kier alpha value is -1.79. The van der Waals surface area contributed by atoms with Crippen LogP contribution in [0.25, 0.3) is 22.4 Å². The second-order valence-corrected chi connectivity index (χ2v) is 8.28. The Morgan fingerprint density at radius 1 is 1.24 bits per heavy atom. The average Bonchev–Trinajstić information content (AvgIpc) is 3.29. The summed E-state index contributed by atoms with van der Waals surface area (Å²) >= 11 is 3.57. The van der Waals surface area contributed by atoms with Crippen molar-refractivity contribution in [2.24, 2.45) is 5.73 Å². The number of pyridine rings is 1. The Kier molecular flexibility index (Phi) is 3.31. The van der Waals surface area contributed by atoms with E-state index in [-0.39, 0.29) is 0 Å².